The summed E-state index contributed by atoms with van der Waals surface area (Å²) in [6.07, 6.45) is 7.57. The van der Waals surface area contributed by atoms with E-state index >= 15 is 0 Å². The van der Waals surface area contributed by atoms with Crippen molar-refractivity contribution in [2.45, 2.75) is 38.5 Å². The van der Waals surface area contributed by atoms with Gasteiger partial charge in [0, 0.05) is 13.1 Å². The number of nitrogens with one attached hydrogen (secondary N) is 1. The maximum atomic E-state index is 5.91. The predicted octanol–water partition coefficient (Wildman–Crippen LogP) is 2.40. The van der Waals surface area contributed by atoms with E-state index < -0.39 is 0 Å². The number of nitrogens with two attached hydrogens (primary N) is 1. The number of nitrogens with zero attached hydrogens (tertiary/aromatic N) is 2. The fourth-order valence-corrected chi connectivity index (χ4v) is 2.89. The van der Waals surface area contributed by atoms with E-state index in [1.165, 1.54) is 44.3 Å². The second kappa shape index (κ2) is 10.2. The van der Waals surface area contributed by atoms with E-state index in [4.69, 9.17) is 5.73 Å². The van der Waals surface area contributed by atoms with Gasteiger partial charge in [-0.3, -0.25) is 4.99 Å². The number of likely N-dealkylation sites (tertiary alicyclic amines) is 1. The summed E-state index contributed by atoms with van der Waals surface area (Å²) >= 11 is 0. The third kappa shape index (κ3) is 6.94. The minimum absolute atomic E-state index is 0.576. The Morgan fingerprint density at radius 3 is 2.55 bits per heavy atom. The third-order valence-electron chi connectivity index (χ3n) is 4.18. The Kier molecular flexibility index (Phi) is 7.81. The van der Waals surface area contributed by atoms with Gasteiger partial charge in [-0.25, -0.2) is 0 Å². The van der Waals surface area contributed by atoms with Gasteiger partial charge in [-0.05, 0) is 50.9 Å². The molecule has 0 spiro atoms. The van der Waals surface area contributed by atoms with Crippen LogP contribution in [0.2, 0.25) is 0 Å². The van der Waals surface area contributed by atoms with Crippen molar-refractivity contribution in [1.29, 1.82) is 0 Å². The molecule has 1 heterocycles. The molecule has 122 valence electrons. The van der Waals surface area contributed by atoms with Crippen LogP contribution in [0, 0.1) is 0 Å². The van der Waals surface area contributed by atoms with Crippen LogP contribution < -0.4 is 11.1 Å². The van der Waals surface area contributed by atoms with Crippen molar-refractivity contribution in [2.24, 2.45) is 10.7 Å². The smallest absolute Gasteiger partial charge is 0.188 e. The molecule has 0 unspecified atom stereocenters. The highest BCUT2D eigenvalue weighted by Crippen LogP contribution is 2.09. The minimum Gasteiger partial charge on any atom is -0.370 e. The fraction of sp³-hybridized carbons (Fsp3) is 0.611. The predicted molar refractivity (Wildman–Crippen MR) is 94.2 cm³/mol. The van der Waals surface area contributed by atoms with Gasteiger partial charge in [0.15, 0.2) is 5.96 Å². The van der Waals surface area contributed by atoms with E-state index in [0.29, 0.717) is 5.96 Å². The van der Waals surface area contributed by atoms with E-state index in [-0.39, 0.29) is 0 Å². The second-order valence-corrected chi connectivity index (χ2v) is 6.04. The normalized spacial score (nSPS) is 17.2. The zero-order chi connectivity index (χ0) is 15.5. The first-order valence-electron chi connectivity index (χ1n) is 8.64. The lowest BCUT2D eigenvalue weighted by atomic mass is 10.1. The lowest BCUT2D eigenvalue weighted by Gasteiger charge is -2.18. The van der Waals surface area contributed by atoms with Gasteiger partial charge in [0.1, 0.15) is 0 Å². The SMILES string of the molecule is NC(=NCCCN1CCCCCC1)NCCc1ccccc1. The molecule has 0 aliphatic carbocycles. The van der Waals surface area contributed by atoms with Crippen molar-refractivity contribution in [3.05, 3.63) is 35.9 Å². The van der Waals surface area contributed by atoms with Gasteiger partial charge < -0.3 is 16.0 Å². The molecule has 0 bridgehead atoms. The summed E-state index contributed by atoms with van der Waals surface area (Å²) in [5.74, 6) is 0.576. The van der Waals surface area contributed by atoms with Crippen LogP contribution in [0.5, 0.6) is 0 Å². The van der Waals surface area contributed by atoms with Gasteiger partial charge in [-0.15, -0.1) is 0 Å². The number of hydrogen-bond donors (Lipinski definition) is 2. The topological polar surface area (TPSA) is 53.6 Å². The Hall–Kier alpha value is -1.55. The Balaban J connectivity index is 1.55. The van der Waals surface area contributed by atoms with Crippen LogP contribution in [0.3, 0.4) is 0 Å². The summed E-state index contributed by atoms with van der Waals surface area (Å²) < 4.78 is 0. The van der Waals surface area contributed by atoms with Gasteiger partial charge in [0.2, 0.25) is 0 Å². The Labute approximate surface area is 134 Å². The molecule has 4 nitrogen and oxygen atoms in total. The Bertz CT molecular complexity index is 422. The molecular formula is C18H30N4. The lowest BCUT2D eigenvalue weighted by molar-refractivity contribution is 0.283. The maximum absolute atomic E-state index is 5.91. The molecule has 0 saturated carbocycles. The average Bonchev–Trinajstić information content (AvgIpc) is 2.81. The molecule has 3 N–H and O–H groups in total. The van der Waals surface area contributed by atoms with Crippen molar-refractivity contribution in [3.8, 4) is 0 Å². The van der Waals surface area contributed by atoms with E-state index in [9.17, 15) is 0 Å². The van der Waals surface area contributed by atoms with Crippen molar-refractivity contribution < 1.29 is 0 Å². The van der Waals surface area contributed by atoms with Crippen LogP contribution in [0.1, 0.15) is 37.7 Å². The van der Waals surface area contributed by atoms with Crippen molar-refractivity contribution in [2.75, 3.05) is 32.7 Å². The summed E-state index contributed by atoms with van der Waals surface area (Å²) in [7, 11) is 0. The first-order valence-corrected chi connectivity index (χ1v) is 8.64. The Morgan fingerprint density at radius 1 is 1.09 bits per heavy atom. The monoisotopic (exact) mass is 302 g/mol. The highest BCUT2D eigenvalue weighted by molar-refractivity contribution is 5.77. The maximum Gasteiger partial charge on any atom is 0.188 e. The number of aliphatic imine (C=N–C) groups is 1. The van der Waals surface area contributed by atoms with Gasteiger partial charge in [-0.1, -0.05) is 43.2 Å². The van der Waals surface area contributed by atoms with Crippen LogP contribution in [0.25, 0.3) is 0 Å². The number of guanidine groups is 1. The largest absolute Gasteiger partial charge is 0.370 e. The zero-order valence-corrected chi connectivity index (χ0v) is 13.6. The lowest BCUT2D eigenvalue weighted by Crippen LogP contribution is -2.33. The highest BCUT2D eigenvalue weighted by Gasteiger charge is 2.07. The summed E-state index contributed by atoms with van der Waals surface area (Å²) in [6, 6.07) is 10.4. The van der Waals surface area contributed by atoms with Gasteiger partial charge in [0.25, 0.3) is 0 Å². The number of rotatable bonds is 7. The minimum atomic E-state index is 0.576. The molecule has 2 rings (SSSR count). The van der Waals surface area contributed by atoms with Crippen LogP contribution in [-0.2, 0) is 6.42 Å². The molecule has 4 heteroatoms. The number of benzene rings is 1. The van der Waals surface area contributed by atoms with Gasteiger partial charge in [0.05, 0.1) is 0 Å². The van der Waals surface area contributed by atoms with Gasteiger partial charge >= 0.3 is 0 Å². The van der Waals surface area contributed by atoms with Crippen molar-refractivity contribution in [3.63, 3.8) is 0 Å². The second-order valence-electron chi connectivity index (χ2n) is 6.04. The van der Waals surface area contributed by atoms with E-state index in [0.717, 1.165) is 32.5 Å². The molecule has 22 heavy (non-hydrogen) atoms. The molecule has 0 atom stereocenters. The highest BCUT2D eigenvalue weighted by atomic mass is 15.1. The summed E-state index contributed by atoms with van der Waals surface area (Å²) in [5.41, 5.74) is 7.23. The van der Waals surface area contributed by atoms with Crippen molar-refractivity contribution in [1.82, 2.24) is 10.2 Å². The van der Waals surface area contributed by atoms with E-state index in [2.05, 4.69) is 39.5 Å². The first kappa shape index (κ1) is 16.8. The number of hydrogen-bond acceptors (Lipinski definition) is 2. The fourth-order valence-electron chi connectivity index (χ4n) is 2.89. The third-order valence-corrected chi connectivity index (χ3v) is 4.18. The molecule has 0 amide bonds. The summed E-state index contributed by atoms with van der Waals surface area (Å²) in [5, 5.41) is 3.19. The van der Waals surface area contributed by atoms with E-state index in [1.54, 1.807) is 0 Å². The zero-order valence-electron chi connectivity index (χ0n) is 13.6. The first-order chi connectivity index (χ1) is 10.8. The molecule has 0 aromatic heterocycles. The van der Waals surface area contributed by atoms with Gasteiger partial charge in [-0.2, -0.15) is 0 Å². The molecule has 1 fully saturated rings. The average molecular weight is 302 g/mol. The molecular weight excluding hydrogens is 272 g/mol. The van der Waals surface area contributed by atoms with Crippen LogP contribution in [0.4, 0.5) is 0 Å². The molecule has 1 aliphatic heterocycles. The van der Waals surface area contributed by atoms with E-state index in [1.807, 2.05) is 6.07 Å². The Morgan fingerprint density at radius 2 is 1.82 bits per heavy atom. The standard InChI is InChI=1S/C18H30N4/c19-18(21-13-11-17-9-4-3-5-10-17)20-12-8-16-22-14-6-1-2-7-15-22/h3-5,9-10H,1-2,6-8,11-16H2,(H3,19,20,21). The molecule has 1 aromatic rings. The molecule has 1 aliphatic rings. The molecule has 0 radical (unpaired) electrons. The van der Waals surface area contributed by atoms with Crippen LogP contribution in [0.15, 0.2) is 35.3 Å². The molecule has 1 saturated heterocycles. The summed E-state index contributed by atoms with van der Waals surface area (Å²) in [6.45, 7) is 5.33. The molecule has 1 aromatic carbocycles. The quantitative estimate of drug-likeness (QED) is 0.462. The summed E-state index contributed by atoms with van der Waals surface area (Å²) in [4.78, 5) is 6.99. The van der Waals surface area contributed by atoms with Crippen LogP contribution >= 0.6 is 0 Å². The van der Waals surface area contributed by atoms with Crippen LogP contribution in [-0.4, -0.2) is 43.6 Å². The van der Waals surface area contributed by atoms with Crippen molar-refractivity contribution >= 4 is 5.96 Å².